The van der Waals surface area contributed by atoms with Gasteiger partial charge in [-0.2, -0.15) is 0 Å². The molecule has 2 fully saturated rings. The molecule has 0 aromatic heterocycles. The van der Waals surface area contributed by atoms with E-state index in [9.17, 15) is 0 Å². The van der Waals surface area contributed by atoms with E-state index < -0.39 is 5.79 Å². The summed E-state index contributed by atoms with van der Waals surface area (Å²) in [4.78, 5) is 0. The normalized spacial score (nSPS) is 48.0. The van der Waals surface area contributed by atoms with Crippen LogP contribution in [0, 0.1) is 0 Å². The second-order valence-electron chi connectivity index (χ2n) is 4.01. The van der Waals surface area contributed by atoms with Crippen LogP contribution in [0.5, 0.6) is 0 Å². The number of fused-ring (bicyclic) bond motifs is 1. The number of hydrogen-bond acceptors (Lipinski definition) is 4. The molecule has 4 heteroatoms. The van der Waals surface area contributed by atoms with Crippen molar-refractivity contribution in [2.75, 3.05) is 7.11 Å². The zero-order valence-corrected chi connectivity index (χ0v) is 8.44. The maximum absolute atomic E-state index is 5.69. The third-order valence-electron chi connectivity index (χ3n) is 2.48. The van der Waals surface area contributed by atoms with E-state index in [1.165, 1.54) is 0 Å². The minimum absolute atomic E-state index is 0.0000463. The van der Waals surface area contributed by atoms with Gasteiger partial charge in [0.25, 0.3) is 0 Å². The van der Waals surface area contributed by atoms with Crippen LogP contribution in [0.25, 0.3) is 0 Å². The van der Waals surface area contributed by atoms with Crippen molar-refractivity contribution < 1.29 is 18.9 Å². The van der Waals surface area contributed by atoms with Gasteiger partial charge in [-0.3, -0.25) is 0 Å². The summed E-state index contributed by atoms with van der Waals surface area (Å²) in [6.07, 6.45) is -0.339. The highest BCUT2D eigenvalue weighted by molar-refractivity contribution is 4.93. The van der Waals surface area contributed by atoms with E-state index in [2.05, 4.69) is 0 Å². The Hall–Kier alpha value is -0.160. The molecule has 2 aliphatic heterocycles. The largest absolute Gasteiger partial charge is 0.353 e. The van der Waals surface area contributed by atoms with Gasteiger partial charge in [0.1, 0.15) is 12.2 Å². The zero-order valence-electron chi connectivity index (χ0n) is 8.44. The molecule has 2 saturated heterocycles. The first-order valence-corrected chi connectivity index (χ1v) is 4.57. The minimum atomic E-state index is -0.510. The Kier molecular flexibility index (Phi) is 2.11. The Balaban J connectivity index is 2.12. The van der Waals surface area contributed by atoms with Gasteiger partial charge in [0, 0.05) is 7.11 Å². The van der Waals surface area contributed by atoms with Crippen molar-refractivity contribution in [1.29, 1.82) is 0 Å². The highest BCUT2D eigenvalue weighted by Gasteiger charge is 2.53. The van der Waals surface area contributed by atoms with E-state index in [0.29, 0.717) is 0 Å². The molecule has 4 atom stereocenters. The van der Waals surface area contributed by atoms with Gasteiger partial charge >= 0.3 is 0 Å². The maximum Gasteiger partial charge on any atom is 0.186 e. The molecular weight excluding hydrogens is 172 g/mol. The second-order valence-corrected chi connectivity index (χ2v) is 4.01. The monoisotopic (exact) mass is 188 g/mol. The van der Waals surface area contributed by atoms with Crippen LogP contribution in [-0.4, -0.2) is 37.5 Å². The smallest absolute Gasteiger partial charge is 0.186 e. The van der Waals surface area contributed by atoms with Crippen molar-refractivity contribution in [3.8, 4) is 0 Å². The topological polar surface area (TPSA) is 36.9 Å². The van der Waals surface area contributed by atoms with E-state index in [1.54, 1.807) is 7.11 Å². The molecule has 2 rings (SSSR count). The molecule has 0 saturated carbocycles. The average molecular weight is 188 g/mol. The average Bonchev–Trinajstić information content (AvgIpc) is 2.47. The number of hydrogen-bond donors (Lipinski definition) is 0. The van der Waals surface area contributed by atoms with Gasteiger partial charge in [0.2, 0.25) is 0 Å². The van der Waals surface area contributed by atoms with Crippen LogP contribution in [0.2, 0.25) is 0 Å². The van der Waals surface area contributed by atoms with Crippen LogP contribution in [0.3, 0.4) is 0 Å². The van der Waals surface area contributed by atoms with E-state index >= 15 is 0 Å². The fraction of sp³-hybridized carbons (Fsp3) is 1.00. The van der Waals surface area contributed by atoms with Crippen molar-refractivity contribution in [3.05, 3.63) is 0 Å². The Bertz CT molecular complexity index is 204. The third-order valence-corrected chi connectivity index (χ3v) is 2.48. The summed E-state index contributed by atoms with van der Waals surface area (Å²) in [5.41, 5.74) is 0. The number of methoxy groups -OCH3 is 1. The lowest BCUT2D eigenvalue weighted by Gasteiger charge is -2.22. The van der Waals surface area contributed by atoms with Crippen LogP contribution < -0.4 is 0 Å². The van der Waals surface area contributed by atoms with Crippen molar-refractivity contribution in [3.63, 3.8) is 0 Å². The van der Waals surface area contributed by atoms with Crippen LogP contribution in [0.15, 0.2) is 0 Å². The van der Waals surface area contributed by atoms with E-state index in [4.69, 9.17) is 18.9 Å². The number of ether oxygens (including phenoxy) is 4. The van der Waals surface area contributed by atoms with E-state index in [-0.39, 0.29) is 24.6 Å². The van der Waals surface area contributed by atoms with Crippen molar-refractivity contribution in [2.45, 2.75) is 51.2 Å². The molecule has 4 nitrogen and oxygen atoms in total. The third kappa shape index (κ3) is 1.48. The van der Waals surface area contributed by atoms with Crippen molar-refractivity contribution >= 4 is 0 Å². The van der Waals surface area contributed by atoms with Crippen LogP contribution >= 0.6 is 0 Å². The summed E-state index contributed by atoms with van der Waals surface area (Å²) in [6, 6.07) is 0. The lowest BCUT2D eigenvalue weighted by atomic mass is 10.2. The SMILES string of the molecule is COC1O[C@@H](C)[C@@H]2OC(C)(C)O[C@H]12. The van der Waals surface area contributed by atoms with Gasteiger partial charge in [0.05, 0.1) is 6.10 Å². The molecule has 0 amide bonds. The standard InChI is InChI=1S/C9H16O4/c1-5-6-7(8(10-4)11-5)13-9(2,3)12-6/h5-8H,1-4H3/t5-,6-,7-,8?/m0/s1. The molecule has 0 spiro atoms. The Labute approximate surface area is 78.1 Å². The molecule has 0 N–H and O–H groups in total. The minimum Gasteiger partial charge on any atom is -0.353 e. The van der Waals surface area contributed by atoms with Crippen molar-refractivity contribution in [2.24, 2.45) is 0 Å². The summed E-state index contributed by atoms with van der Waals surface area (Å²) >= 11 is 0. The summed E-state index contributed by atoms with van der Waals surface area (Å²) in [5.74, 6) is -0.510. The summed E-state index contributed by atoms with van der Waals surface area (Å²) in [6.45, 7) is 5.79. The van der Waals surface area contributed by atoms with E-state index in [1.807, 2.05) is 20.8 Å². The maximum atomic E-state index is 5.69. The fourth-order valence-corrected chi connectivity index (χ4v) is 1.95. The van der Waals surface area contributed by atoms with Gasteiger partial charge in [-0.05, 0) is 20.8 Å². The first-order valence-electron chi connectivity index (χ1n) is 4.57. The lowest BCUT2D eigenvalue weighted by Crippen LogP contribution is -2.30. The van der Waals surface area contributed by atoms with Crippen molar-refractivity contribution in [1.82, 2.24) is 0 Å². The zero-order chi connectivity index (χ0) is 9.64. The predicted octanol–water partition coefficient (Wildman–Crippen LogP) is 0.898. The lowest BCUT2D eigenvalue weighted by molar-refractivity contribution is -0.224. The number of rotatable bonds is 1. The van der Waals surface area contributed by atoms with Crippen LogP contribution in [0.1, 0.15) is 20.8 Å². The first kappa shape index (κ1) is 9.40. The Morgan fingerprint density at radius 1 is 1.15 bits per heavy atom. The predicted molar refractivity (Wildman–Crippen MR) is 45.2 cm³/mol. The van der Waals surface area contributed by atoms with Gasteiger partial charge in [-0.1, -0.05) is 0 Å². The molecule has 76 valence electrons. The molecule has 0 radical (unpaired) electrons. The van der Waals surface area contributed by atoms with Gasteiger partial charge in [0.15, 0.2) is 12.1 Å². The Morgan fingerprint density at radius 2 is 1.77 bits per heavy atom. The van der Waals surface area contributed by atoms with E-state index in [0.717, 1.165) is 0 Å². The summed E-state index contributed by atoms with van der Waals surface area (Å²) < 4.78 is 22.0. The molecule has 0 aromatic rings. The van der Waals surface area contributed by atoms with Crippen LogP contribution in [-0.2, 0) is 18.9 Å². The molecule has 2 aliphatic rings. The summed E-state index contributed by atoms with van der Waals surface area (Å²) in [7, 11) is 1.62. The molecule has 2 heterocycles. The summed E-state index contributed by atoms with van der Waals surface area (Å²) in [5, 5.41) is 0. The molecule has 13 heavy (non-hydrogen) atoms. The highest BCUT2D eigenvalue weighted by Crippen LogP contribution is 2.38. The second kappa shape index (κ2) is 2.92. The van der Waals surface area contributed by atoms with Crippen LogP contribution in [0.4, 0.5) is 0 Å². The molecule has 1 unspecified atom stereocenters. The van der Waals surface area contributed by atoms with Gasteiger partial charge < -0.3 is 18.9 Å². The fourth-order valence-electron chi connectivity index (χ4n) is 1.95. The molecule has 0 aromatic carbocycles. The molecule has 0 bridgehead atoms. The Morgan fingerprint density at radius 3 is 2.38 bits per heavy atom. The first-order chi connectivity index (χ1) is 6.03. The quantitative estimate of drug-likeness (QED) is 0.612. The van der Waals surface area contributed by atoms with Gasteiger partial charge in [-0.15, -0.1) is 0 Å². The molecular formula is C9H16O4. The molecule has 0 aliphatic carbocycles. The van der Waals surface area contributed by atoms with Gasteiger partial charge in [-0.25, -0.2) is 0 Å². The highest BCUT2D eigenvalue weighted by atomic mass is 16.8.